The number of hydrogen-bond donors (Lipinski definition) is 2. The molecule has 1 aliphatic rings. The van der Waals surface area contributed by atoms with E-state index in [9.17, 15) is 9.90 Å². The summed E-state index contributed by atoms with van der Waals surface area (Å²) in [4.78, 5) is 24.8. The zero-order valence-electron chi connectivity index (χ0n) is 11.5. The number of aliphatic hydroxyl groups is 1. The Hall–Kier alpha value is -1.86. The summed E-state index contributed by atoms with van der Waals surface area (Å²) >= 11 is 1.34. The van der Waals surface area contributed by atoms with Crippen LogP contribution in [0.25, 0.3) is 10.8 Å². The fraction of sp³-hybridized carbons (Fsp3) is 0.429. The lowest BCUT2D eigenvalue weighted by Crippen LogP contribution is -2.49. The molecule has 3 rings (SSSR count). The van der Waals surface area contributed by atoms with Crippen LogP contribution in [-0.2, 0) is 0 Å². The number of thiazole rings is 1. The van der Waals surface area contributed by atoms with Crippen molar-refractivity contribution in [1.82, 2.24) is 20.3 Å². The molecule has 21 heavy (non-hydrogen) atoms. The molecule has 110 valence electrons. The Balaban J connectivity index is 1.75. The van der Waals surface area contributed by atoms with Gasteiger partial charge in [-0.15, -0.1) is 11.3 Å². The smallest absolute Gasteiger partial charge is 0.271 e. The minimum Gasteiger partial charge on any atom is -0.394 e. The Morgan fingerprint density at radius 1 is 1.33 bits per heavy atom. The van der Waals surface area contributed by atoms with E-state index >= 15 is 0 Å². The first kappa shape index (κ1) is 14.1. The normalized spacial score (nSPS) is 16.8. The molecule has 0 radical (unpaired) electrons. The van der Waals surface area contributed by atoms with Crippen molar-refractivity contribution in [1.29, 1.82) is 0 Å². The summed E-state index contributed by atoms with van der Waals surface area (Å²) in [6.45, 7) is -0.0302. The first-order valence-electron chi connectivity index (χ1n) is 6.89. The molecule has 2 aromatic rings. The highest BCUT2D eigenvalue weighted by atomic mass is 32.1. The number of aromatic nitrogens is 3. The van der Waals surface area contributed by atoms with Gasteiger partial charge in [0.15, 0.2) is 10.8 Å². The second-order valence-electron chi connectivity index (χ2n) is 5.21. The molecule has 6 nitrogen and oxygen atoms in total. The van der Waals surface area contributed by atoms with E-state index in [0.29, 0.717) is 16.5 Å². The first-order valence-corrected chi connectivity index (χ1v) is 7.77. The van der Waals surface area contributed by atoms with Crippen LogP contribution in [0.5, 0.6) is 0 Å². The molecule has 0 unspecified atom stereocenters. The molecule has 0 aliphatic heterocycles. The molecule has 7 heteroatoms. The highest BCUT2D eigenvalue weighted by Gasteiger charge is 2.35. The molecule has 1 fully saturated rings. The summed E-state index contributed by atoms with van der Waals surface area (Å²) < 4.78 is 0. The van der Waals surface area contributed by atoms with Gasteiger partial charge in [0.1, 0.15) is 5.69 Å². The third kappa shape index (κ3) is 2.93. The minimum absolute atomic E-state index is 0.0302. The summed E-state index contributed by atoms with van der Waals surface area (Å²) in [5.41, 5.74) is -0.133. The zero-order valence-corrected chi connectivity index (χ0v) is 12.3. The van der Waals surface area contributed by atoms with Gasteiger partial charge in [0.25, 0.3) is 5.91 Å². The highest BCUT2D eigenvalue weighted by Crippen LogP contribution is 2.29. The SMILES string of the molecule is O=C(NC1(CO)CCCC1)c1csc(-c2ncccn2)n1. The van der Waals surface area contributed by atoms with Crippen LogP contribution in [0.1, 0.15) is 36.2 Å². The number of rotatable bonds is 4. The lowest BCUT2D eigenvalue weighted by molar-refractivity contribution is 0.0834. The van der Waals surface area contributed by atoms with E-state index < -0.39 is 5.54 Å². The Morgan fingerprint density at radius 2 is 2.05 bits per heavy atom. The second-order valence-corrected chi connectivity index (χ2v) is 6.07. The van der Waals surface area contributed by atoms with Crippen molar-refractivity contribution in [2.75, 3.05) is 6.61 Å². The van der Waals surface area contributed by atoms with Crippen molar-refractivity contribution in [2.24, 2.45) is 0 Å². The molecule has 2 aromatic heterocycles. The molecular weight excluding hydrogens is 288 g/mol. The number of amides is 1. The third-order valence-corrected chi connectivity index (χ3v) is 4.57. The molecule has 1 amide bonds. The number of carbonyl (C=O) groups is 1. The predicted molar refractivity (Wildman–Crippen MR) is 78.9 cm³/mol. The first-order chi connectivity index (χ1) is 10.2. The van der Waals surface area contributed by atoms with Crippen LogP contribution in [-0.4, -0.2) is 38.1 Å². The van der Waals surface area contributed by atoms with Crippen molar-refractivity contribution in [3.05, 3.63) is 29.5 Å². The molecule has 2 heterocycles. The van der Waals surface area contributed by atoms with E-state index in [0.717, 1.165) is 25.7 Å². The van der Waals surface area contributed by atoms with Gasteiger partial charge in [0.05, 0.1) is 12.1 Å². The maximum absolute atomic E-state index is 12.3. The Bertz CT molecular complexity index is 623. The standard InChI is InChI=1S/C14H16N4O2S/c19-9-14(4-1-2-5-14)18-12(20)10-8-21-13(17-10)11-15-6-3-7-16-11/h3,6-8,19H,1-2,4-5,9H2,(H,18,20). The molecule has 0 spiro atoms. The average Bonchev–Trinajstić information content (AvgIpc) is 3.18. The van der Waals surface area contributed by atoms with Gasteiger partial charge in [-0.2, -0.15) is 0 Å². The van der Waals surface area contributed by atoms with E-state index in [1.807, 2.05) is 0 Å². The maximum atomic E-state index is 12.3. The van der Waals surface area contributed by atoms with E-state index in [1.54, 1.807) is 23.8 Å². The molecular formula is C14H16N4O2S. The highest BCUT2D eigenvalue weighted by molar-refractivity contribution is 7.13. The van der Waals surface area contributed by atoms with Crippen molar-refractivity contribution < 1.29 is 9.90 Å². The Labute approximate surface area is 126 Å². The number of nitrogens with zero attached hydrogens (tertiary/aromatic N) is 3. The molecule has 0 bridgehead atoms. The minimum atomic E-state index is -0.482. The third-order valence-electron chi connectivity index (χ3n) is 3.74. The lowest BCUT2D eigenvalue weighted by Gasteiger charge is -2.27. The molecule has 0 aromatic carbocycles. The topological polar surface area (TPSA) is 88.0 Å². The Kier molecular flexibility index (Phi) is 3.94. The van der Waals surface area contributed by atoms with Gasteiger partial charge in [-0.3, -0.25) is 4.79 Å². The van der Waals surface area contributed by atoms with E-state index in [2.05, 4.69) is 20.3 Å². The van der Waals surface area contributed by atoms with Gasteiger partial charge >= 0.3 is 0 Å². The lowest BCUT2D eigenvalue weighted by atomic mass is 9.99. The van der Waals surface area contributed by atoms with Gasteiger partial charge in [-0.1, -0.05) is 12.8 Å². The van der Waals surface area contributed by atoms with Crippen molar-refractivity contribution in [3.8, 4) is 10.8 Å². The average molecular weight is 304 g/mol. The number of nitrogens with one attached hydrogen (secondary N) is 1. The monoisotopic (exact) mass is 304 g/mol. The van der Waals surface area contributed by atoms with E-state index in [1.165, 1.54) is 11.3 Å². The maximum Gasteiger partial charge on any atom is 0.271 e. The van der Waals surface area contributed by atoms with Crippen LogP contribution in [0, 0.1) is 0 Å². The summed E-state index contributed by atoms with van der Waals surface area (Å²) in [7, 11) is 0. The van der Waals surface area contributed by atoms with Crippen molar-refractivity contribution >= 4 is 17.2 Å². The van der Waals surface area contributed by atoms with Crippen molar-refractivity contribution in [3.63, 3.8) is 0 Å². The van der Waals surface area contributed by atoms with Crippen LogP contribution >= 0.6 is 11.3 Å². The second kappa shape index (κ2) is 5.87. The van der Waals surface area contributed by atoms with E-state index in [-0.39, 0.29) is 12.5 Å². The van der Waals surface area contributed by atoms with Crippen LogP contribution in [0.2, 0.25) is 0 Å². The number of hydrogen-bond acceptors (Lipinski definition) is 6. The summed E-state index contributed by atoms with van der Waals surface area (Å²) in [6, 6.07) is 1.73. The summed E-state index contributed by atoms with van der Waals surface area (Å²) in [5, 5.41) is 14.8. The molecule has 0 saturated heterocycles. The largest absolute Gasteiger partial charge is 0.394 e. The Morgan fingerprint density at radius 3 is 2.71 bits per heavy atom. The molecule has 1 saturated carbocycles. The van der Waals surface area contributed by atoms with Gasteiger partial charge in [0, 0.05) is 17.8 Å². The van der Waals surface area contributed by atoms with E-state index in [4.69, 9.17) is 0 Å². The van der Waals surface area contributed by atoms with Crippen LogP contribution in [0.4, 0.5) is 0 Å². The van der Waals surface area contributed by atoms with Crippen LogP contribution in [0.15, 0.2) is 23.8 Å². The van der Waals surface area contributed by atoms with Crippen LogP contribution in [0.3, 0.4) is 0 Å². The fourth-order valence-corrected chi connectivity index (χ4v) is 3.31. The quantitative estimate of drug-likeness (QED) is 0.896. The zero-order chi connectivity index (χ0) is 14.7. The summed E-state index contributed by atoms with van der Waals surface area (Å²) in [5.74, 6) is 0.267. The summed E-state index contributed by atoms with van der Waals surface area (Å²) in [6.07, 6.45) is 6.97. The molecule has 1 aliphatic carbocycles. The van der Waals surface area contributed by atoms with Crippen LogP contribution < -0.4 is 5.32 Å². The number of aliphatic hydroxyl groups excluding tert-OH is 1. The van der Waals surface area contributed by atoms with Gasteiger partial charge in [-0.05, 0) is 18.9 Å². The van der Waals surface area contributed by atoms with Gasteiger partial charge in [0.2, 0.25) is 0 Å². The van der Waals surface area contributed by atoms with Gasteiger partial charge < -0.3 is 10.4 Å². The number of carbonyl (C=O) groups excluding carboxylic acids is 1. The molecule has 2 N–H and O–H groups in total. The predicted octanol–water partition coefficient (Wildman–Crippen LogP) is 1.63. The van der Waals surface area contributed by atoms with Crippen molar-refractivity contribution in [2.45, 2.75) is 31.2 Å². The van der Waals surface area contributed by atoms with Gasteiger partial charge in [-0.25, -0.2) is 15.0 Å². The fourth-order valence-electron chi connectivity index (χ4n) is 2.57. The molecule has 0 atom stereocenters.